The summed E-state index contributed by atoms with van der Waals surface area (Å²) in [5.41, 5.74) is 8.47. The van der Waals surface area contributed by atoms with Crippen LogP contribution in [0.1, 0.15) is 37.1 Å². The molecule has 0 saturated carbocycles. The summed E-state index contributed by atoms with van der Waals surface area (Å²) in [5.74, 6) is 0.200. The van der Waals surface area contributed by atoms with E-state index in [0.29, 0.717) is 5.02 Å². The second-order valence-corrected chi connectivity index (χ2v) is 4.83. The Morgan fingerprint density at radius 3 is 2.61 bits per heavy atom. The van der Waals surface area contributed by atoms with Crippen LogP contribution in [0, 0.1) is 0 Å². The highest BCUT2D eigenvalue weighted by Gasteiger charge is 2.22. The number of nitrogens with two attached hydrogens (primary N) is 1. The fourth-order valence-electron chi connectivity index (χ4n) is 2.16. The molecule has 1 heterocycles. The molecule has 0 saturated heterocycles. The van der Waals surface area contributed by atoms with Gasteiger partial charge in [0.2, 0.25) is 0 Å². The molecule has 0 radical (unpaired) electrons. The molecule has 2 aromatic rings. The van der Waals surface area contributed by atoms with Crippen LogP contribution in [-0.2, 0) is 6.54 Å². The molecule has 2 unspecified atom stereocenters. The van der Waals surface area contributed by atoms with Gasteiger partial charge in [-0.2, -0.15) is 5.10 Å². The van der Waals surface area contributed by atoms with Crippen LogP contribution in [0.4, 0.5) is 0 Å². The summed E-state index contributed by atoms with van der Waals surface area (Å²) in [5, 5.41) is 4.88. The lowest BCUT2D eigenvalue weighted by Gasteiger charge is -2.21. The normalized spacial score (nSPS) is 14.4. The maximum absolute atomic E-state index is 6.35. The van der Waals surface area contributed by atoms with Crippen molar-refractivity contribution in [3.8, 4) is 0 Å². The zero-order valence-electron chi connectivity index (χ0n) is 10.7. The van der Waals surface area contributed by atoms with Gasteiger partial charge in [0.05, 0.1) is 23.0 Å². The van der Waals surface area contributed by atoms with Crippen LogP contribution in [0.5, 0.6) is 0 Å². The maximum Gasteiger partial charge on any atom is 0.0834 e. The van der Waals surface area contributed by atoms with Crippen LogP contribution < -0.4 is 5.73 Å². The van der Waals surface area contributed by atoms with E-state index in [1.165, 1.54) is 5.56 Å². The van der Waals surface area contributed by atoms with Crippen LogP contribution in [-0.4, -0.2) is 9.78 Å². The number of hydrogen-bond acceptors (Lipinski definition) is 2. The summed E-state index contributed by atoms with van der Waals surface area (Å²) >= 11 is 6.19. The van der Waals surface area contributed by atoms with Crippen molar-refractivity contribution >= 4 is 11.6 Å². The summed E-state index contributed by atoms with van der Waals surface area (Å²) in [6, 6.07) is 10.1. The Balaban J connectivity index is 2.31. The zero-order chi connectivity index (χ0) is 13.1. The van der Waals surface area contributed by atoms with Crippen molar-refractivity contribution in [2.24, 2.45) is 5.73 Å². The molecule has 1 aromatic carbocycles. The number of halogens is 1. The molecular formula is C14H18ClN3. The van der Waals surface area contributed by atoms with E-state index in [9.17, 15) is 0 Å². The second kappa shape index (κ2) is 5.55. The standard InChI is InChI=1S/C14H18ClN3/c1-3-18-14(12(15)9-17-18)13(16)10(2)11-7-5-4-6-8-11/h4-10,13H,3,16H2,1-2H3. The molecule has 96 valence electrons. The Labute approximate surface area is 113 Å². The topological polar surface area (TPSA) is 43.8 Å². The predicted octanol–water partition coefficient (Wildman–Crippen LogP) is 3.36. The first kappa shape index (κ1) is 13.1. The van der Waals surface area contributed by atoms with Gasteiger partial charge in [0.1, 0.15) is 0 Å². The van der Waals surface area contributed by atoms with Gasteiger partial charge < -0.3 is 5.73 Å². The van der Waals surface area contributed by atoms with E-state index in [4.69, 9.17) is 17.3 Å². The second-order valence-electron chi connectivity index (χ2n) is 4.42. The number of nitrogens with zero attached hydrogens (tertiary/aromatic N) is 2. The lowest BCUT2D eigenvalue weighted by Crippen LogP contribution is -2.22. The van der Waals surface area contributed by atoms with Crippen molar-refractivity contribution in [2.75, 3.05) is 0 Å². The summed E-state index contributed by atoms with van der Waals surface area (Å²) in [6.07, 6.45) is 1.66. The maximum atomic E-state index is 6.35. The highest BCUT2D eigenvalue weighted by molar-refractivity contribution is 6.31. The molecule has 0 fully saturated rings. The average Bonchev–Trinajstić information content (AvgIpc) is 2.79. The first-order valence-corrected chi connectivity index (χ1v) is 6.54. The molecule has 0 aliphatic rings. The first-order valence-electron chi connectivity index (χ1n) is 6.16. The number of aryl methyl sites for hydroxylation is 1. The predicted molar refractivity (Wildman–Crippen MR) is 74.7 cm³/mol. The van der Waals surface area contributed by atoms with Gasteiger partial charge in [-0.25, -0.2) is 0 Å². The molecular weight excluding hydrogens is 246 g/mol. The third kappa shape index (κ3) is 2.42. The van der Waals surface area contributed by atoms with Crippen LogP contribution >= 0.6 is 11.6 Å². The molecule has 2 N–H and O–H groups in total. The SMILES string of the molecule is CCn1ncc(Cl)c1C(N)C(C)c1ccccc1. The molecule has 0 aliphatic heterocycles. The van der Waals surface area contributed by atoms with Crippen molar-refractivity contribution in [3.05, 3.63) is 52.8 Å². The molecule has 0 aliphatic carbocycles. The fraction of sp³-hybridized carbons (Fsp3) is 0.357. The van der Waals surface area contributed by atoms with E-state index in [0.717, 1.165) is 12.2 Å². The molecule has 0 bridgehead atoms. The Morgan fingerprint density at radius 1 is 1.33 bits per heavy atom. The van der Waals surface area contributed by atoms with Crippen LogP contribution in [0.15, 0.2) is 36.5 Å². The van der Waals surface area contributed by atoms with Crippen molar-refractivity contribution in [1.82, 2.24) is 9.78 Å². The Bertz CT molecular complexity index is 507. The molecule has 1 aromatic heterocycles. The molecule has 2 rings (SSSR count). The van der Waals surface area contributed by atoms with Crippen LogP contribution in [0.25, 0.3) is 0 Å². The lowest BCUT2D eigenvalue weighted by atomic mass is 9.92. The van der Waals surface area contributed by atoms with Gasteiger partial charge in [0, 0.05) is 12.5 Å². The summed E-state index contributed by atoms with van der Waals surface area (Å²) < 4.78 is 1.87. The molecule has 4 heteroatoms. The van der Waals surface area contributed by atoms with Crippen molar-refractivity contribution in [2.45, 2.75) is 32.4 Å². The van der Waals surface area contributed by atoms with Gasteiger partial charge in [-0.3, -0.25) is 4.68 Å². The van der Waals surface area contributed by atoms with E-state index in [-0.39, 0.29) is 12.0 Å². The van der Waals surface area contributed by atoms with E-state index in [1.54, 1.807) is 6.20 Å². The number of aromatic nitrogens is 2. The Hall–Kier alpha value is -1.32. The number of rotatable bonds is 4. The van der Waals surface area contributed by atoms with E-state index < -0.39 is 0 Å². The van der Waals surface area contributed by atoms with Crippen molar-refractivity contribution in [1.29, 1.82) is 0 Å². The number of benzene rings is 1. The van der Waals surface area contributed by atoms with Gasteiger partial charge in [0.25, 0.3) is 0 Å². The molecule has 18 heavy (non-hydrogen) atoms. The summed E-state index contributed by atoms with van der Waals surface area (Å²) in [4.78, 5) is 0. The molecule has 3 nitrogen and oxygen atoms in total. The van der Waals surface area contributed by atoms with Gasteiger partial charge in [-0.05, 0) is 12.5 Å². The number of hydrogen-bond donors (Lipinski definition) is 1. The third-order valence-corrected chi connectivity index (χ3v) is 3.60. The quantitative estimate of drug-likeness (QED) is 0.919. The largest absolute Gasteiger partial charge is 0.322 e. The van der Waals surface area contributed by atoms with Crippen LogP contribution in [0.2, 0.25) is 5.02 Å². The zero-order valence-corrected chi connectivity index (χ0v) is 11.4. The van der Waals surface area contributed by atoms with Gasteiger partial charge in [-0.15, -0.1) is 0 Å². The van der Waals surface area contributed by atoms with E-state index in [1.807, 2.05) is 29.8 Å². The molecule has 0 amide bonds. The Kier molecular flexibility index (Phi) is 4.04. The minimum Gasteiger partial charge on any atom is -0.322 e. The smallest absolute Gasteiger partial charge is 0.0834 e. The molecule has 2 atom stereocenters. The van der Waals surface area contributed by atoms with Crippen LogP contribution in [0.3, 0.4) is 0 Å². The lowest BCUT2D eigenvalue weighted by molar-refractivity contribution is 0.520. The van der Waals surface area contributed by atoms with E-state index in [2.05, 4.69) is 24.2 Å². The molecule has 0 spiro atoms. The highest BCUT2D eigenvalue weighted by Crippen LogP contribution is 2.32. The summed E-state index contributed by atoms with van der Waals surface area (Å²) in [6.45, 7) is 4.92. The van der Waals surface area contributed by atoms with Gasteiger partial charge in [-0.1, -0.05) is 48.9 Å². The Morgan fingerprint density at radius 2 is 2.00 bits per heavy atom. The highest BCUT2D eigenvalue weighted by atomic mass is 35.5. The van der Waals surface area contributed by atoms with Gasteiger partial charge in [0.15, 0.2) is 0 Å². The van der Waals surface area contributed by atoms with E-state index >= 15 is 0 Å². The fourth-order valence-corrected chi connectivity index (χ4v) is 2.42. The van der Waals surface area contributed by atoms with Crippen molar-refractivity contribution in [3.63, 3.8) is 0 Å². The summed E-state index contributed by atoms with van der Waals surface area (Å²) in [7, 11) is 0. The first-order chi connectivity index (χ1) is 8.65. The average molecular weight is 264 g/mol. The van der Waals surface area contributed by atoms with Gasteiger partial charge >= 0.3 is 0 Å². The minimum absolute atomic E-state index is 0.151. The minimum atomic E-state index is -0.151. The van der Waals surface area contributed by atoms with Crippen molar-refractivity contribution < 1.29 is 0 Å². The monoisotopic (exact) mass is 263 g/mol. The third-order valence-electron chi connectivity index (χ3n) is 3.31.